The molecule has 6 heteroatoms. The highest BCUT2D eigenvalue weighted by Crippen LogP contribution is 2.25. The van der Waals surface area contributed by atoms with Crippen LogP contribution in [0.4, 0.5) is 0 Å². The van der Waals surface area contributed by atoms with E-state index in [1.54, 1.807) is 29.0 Å². The molecule has 0 radical (unpaired) electrons. The normalized spacial score (nSPS) is 14.0. The molecule has 0 bridgehead atoms. The number of carbonyl (C=O) groups excluding carboxylic acids is 2. The van der Waals surface area contributed by atoms with Crippen molar-refractivity contribution in [3.8, 4) is 11.5 Å². The number of ether oxygens (including phenoxy) is 2. The minimum Gasteiger partial charge on any atom is -0.493 e. The zero-order valence-corrected chi connectivity index (χ0v) is 15.7. The third-order valence-corrected chi connectivity index (χ3v) is 4.60. The van der Waals surface area contributed by atoms with Crippen LogP contribution < -0.4 is 9.47 Å². The summed E-state index contributed by atoms with van der Waals surface area (Å²) in [6.45, 7) is 3.97. The highest BCUT2D eigenvalue weighted by atomic mass is 16.5. The third kappa shape index (κ3) is 4.58. The van der Waals surface area contributed by atoms with Gasteiger partial charge in [-0.05, 0) is 31.2 Å². The molecule has 3 rings (SSSR count). The number of carbonyl (C=O) groups is 2. The van der Waals surface area contributed by atoms with Gasteiger partial charge in [-0.1, -0.05) is 29.8 Å². The van der Waals surface area contributed by atoms with E-state index in [4.69, 9.17) is 9.47 Å². The summed E-state index contributed by atoms with van der Waals surface area (Å²) in [5.41, 5.74) is 1.75. The Morgan fingerprint density at radius 3 is 2.26 bits per heavy atom. The van der Waals surface area contributed by atoms with Gasteiger partial charge in [0.15, 0.2) is 18.1 Å². The van der Waals surface area contributed by atoms with Crippen LogP contribution in [0.1, 0.15) is 15.9 Å². The highest BCUT2D eigenvalue weighted by Gasteiger charge is 2.25. The Morgan fingerprint density at radius 2 is 1.59 bits per heavy atom. The summed E-state index contributed by atoms with van der Waals surface area (Å²) < 4.78 is 10.8. The molecule has 2 aromatic carbocycles. The van der Waals surface area contributed by atoms with Crippen molar-refractivity contribution in [1.82, 2.24) is 9.80 Å². The van der Waals surface area contributed by atoms with Gasteiger partial charge in [-0.3, -0.25) is 9.59 Å². The number of aryl methyl sites for hydroxylation is 1. The Kier molecular flexibility index (Phi) is 5.96. The first-order valence-electron chi connectivity index (χ1n) is 8.98. The van der Waals surface area contributed by atoms with E-state index >= 15 is 0 Å². The first-order chi connectivity index (χ1) is 13.1. The second-order valence-corrected chi connectivity index (χ2v) is 6.48. The van der Waals surface area contributed by atoms with E-state index in [0.29, 0.717) is 43.2 Å². The molecule has 1 fully saturated rings. The Morgan fingerprint density at radius 1 is 0.926 bits per heavy atom. The monoisotopic (exact) mass is 368 g/mol. The molecule has 0 atom stereocenters. The van der Waals surface area contributed by atoms with E-state index in [1.807, 2.05) is 43.3 Å². The van der Waals surface area contributed by atoms with Crippen molar-refractivity contribution in [2.45, 2.75) is 6.92 Å². The average Bonchev–Trinajstić information content (AvgIpc) is 2.71. The van der Waals surface area contributed by atoms with Gasteiger partial charge in [0.2, 0.25) is 0 Å². The molecule has 6 nitrogen and oxygen atoms in total. The zero-order valence-electron chi connectivity index (χ0n) is 15.7. The molecule has 2 amide bonds. The number of hydrogen-bond donors (Lipinski definition) is 0. The lowest BCUT2D eigenvalue weighted by atomic mass is 10.1. The molecule has 27 heavy (non-hydrogen) atoms. The number of hydrogen-bond acceptors (Lipinski definition) is 4. The van der Waals surface area contributed by atoms with Crippen LogP contribution >= 0.6 is 0 Å². The fourth-order valence-electron chi connectivity index (χ4n) is 3.09. The van der Waals surface area contributed by atoms with E-state index in [9.17, 15) is 9.59 Å². The number of methoxy groups -OCH3 is 1. The maximum Gasteiger partial charge on any atom is 0.260 e. The molecular formula is C21H24N2O4. The Hall–Kier alpha value is -3.02. The average molecular weight is 368 g/mol. The summed E-state index contributed by atoms with van der Waals surface area (Å²) in [5.74, 6) is 1.06. The molecule has 1 aliphatic heterocycles. The number of nitrogens with zero attached hydrogens (tertiary/aromatic N) is 2. The maximum absolute atomic E-state index is 12.6. The van der Waals surface area contributed by atoms with Crippen LogP contribution in [0.15, 0.2) is 48.5 Å². The Labute approximate surface area is 159 Å². The van der Waals surface area contributed by atoms with Gasteiger partial charge in [0.1, 0.15) is 0 Å². The lowest BCUT2D eigenvalue weighted by molar-refractivity contribution is -0.134. The first-order valence-corrected chi connectivity index (χ1v) is 8.98. The molecule has 1 heterocycles. The molecule has 0 aliphatic carbocycles. The van der Waals surface area contributed by atoms with Gasteiger partial charge < -0.3 is 19.3 Å². The minimum absolute atomic E-state index is 0.0103. The van der Waals surface area contributed by atoms with Crippen LogP contribution in [0.3, 0.4) is 0 Å². The Bertz CT molecular complexity index is 813. The summed E-state index contributed by atoms with van der Waals surface area (Å²) in [6, 6.07) is 14.8. The van der Waals surface area contributed by atoms with Crippen molar-refractivity contribution in [3.05, 3.63) is 59.7 Å². The first kappa shape index (κ1) is 18.8. The minimum atomic E-state index is -0.0939. The number of piperazine rings is 1. The molecule has 2 aromatic rings. The number of amides is 2. The predicted molar refractivity (Wildman–Crippen MR) is 102 cm³/mol. The van der Waals surface area contributed by atoms with E-state index in [2.05, 4.69) is 0 Å². The molecule has 1 saturated heterocycles. The lowest BCUT2D eigenvalue weighted by Crippen LogP contribution is -2.51. The number of rotatable bonds is 5. The molecule has 0 saturated carbocycles. The van der Waals surface area contributed by atoms with Gasteiger partial charge in [0, 0.05) is 31.7 Å². The fraction of sp³-hybridized carbons (Fsp3) is 0.333. The summed E-state index contributed by atoms with van der Waals surface area (Å²) in [4.78, 5) is 28.5. The summed E-state index contributed by atoms with van der Waals surface area (Å²) in [6.07, 6.45) is 0. The van der Waals surface area contributed by atoms with Gasteiger partial charge in [0.25, 0.3) is 11.8 Å². The van der Waals surface area contributed by atoms with Crippen LogP contribution in [-0.2, 0) is 4.79 Å². The summed E-state index contributed by atoms with van der Waals surface area (Å²) >= 11 is 0. The van der Waals surface area contributed by atoms with Crippen molar-refractivity contribution in [2.75, 3.05) is 39.9 Å². The fourth-order valence-corrected chi connectivity index (χ4v) is 3.09. The van der Waals surface area contributed by atoms with Gasteiger partial charge in [-0.15, -0.1) is 0 Å². The summed E-state index contributed by atoms with van der Waals surface area (Å²) in [5, 5.41) is 0. The van der Waals surface area contributed by atoms with Gasteiger partial charge in [0.05, 0.1) is 7.11 Å². The largest absolute Gasteiger partial charge is 0.493 e. The standard InChI is InChI=1S/C21H24N2O4/c1-16-6-5-7-17(14-16)21(25)23-12-10-22(11-13-23)20(24)15-27-19-9-4-3-8-18(19)26-2/h3-9,14H,10-13,15H2,1-2H3. The quantitative estimate of drug-likeness (QED) is 0.813. The van der Waals surface area contributed by atoms with Crippen molar-refractivity contribution in [3.63, 3.8) is 0 Å². The molecule has 0 unspecified atom stereocenters. The second kappa shape index (κ2) is 8.58. The van der Waals surface area contributed by atoms with Crippen LogP contribution in [0, 0.1) is 6.92 Å². The van der Waals surface area contributed by atoms with Gasteiger partial charge in [-0.2, -0.15) is 0 Å². The maximum atomic E-state index is 12.6. The molecule has 0 spiro atoms. The van der Waals surface area contributed by atoms with Crippen LogP contribution in [0.5, 0.6) is 11.5 Å². The van der Waals surface area contributed by atoms with E-state index in [1.165, 1.54) is 0 Å². The van der Waals surface area contributed by atoms with Gasteiger partial charge >= 0.3 is 0 Å². The zero-order chi connectivity index (χ0) is 19.2. The predicted octanol–water partition coefficient (Wildman–Crippen LogP) is 2.37. The molecule has 0 N–H and O–H groups in total. The van der Waals surface area contributed by atoms with Crippen LogP contribution in [0.25, 0.3) is 0 Å². The lowest BCUT2D eigenvalue weighted by Gasteiger charge is -2.34. The van der Waals surface area contributed by atoms with E-state index in [0.717, 1.165) is 5.56 Å². The smallest absolute Gasteiger partial charge is 0.260 e. The number of benzene rings is 2. The summed E-state index contributed by atoms with van der Waals surface area (Å²) in [7, 11) is 1.56. The highest BCUT2D eigenvalue weighted by molar-refractivity contribution is 5.94. The topological polar surface area (TPSA) is 59.1 Å². The molecule has 142 valence electrons. The van der Waals surface area contributed by atoms with Crippen molar-refractivity contribution >= 4 is 11.8 Å². The number of para-hydroxylation sites is 2. The van der Waals surface area contributed by atoms with Crippen LogP contribution in [0.2, 0.25) is 0 Å². The van der Waals surface area contributed by atoms with Crippen molar-refractivity contribution in [1.29, 1.82) is 0 Å². The second-order valence-electron chi connectivity index (χ2n) is 6.48. The third-order valence-electron chi connectivity index (χ3n) is 4.60. The Balaban J connectivity index is 1.51. The SMILES string of the molecule is COc1ccccc1OCC(=O)N1CCN(C(=O)c2cccc(C)c2)CC1. The molecule has 1 aliphatic rings. The molecular weight excluding hydrogens is 344 g/mol. The van der Waals surface area contributed by atoms with Crippen molar-refractivity contribution < 1.29 is 19.1 Å². The van der Waals surface area contributed by atoms with Gasteiger partial charge in [-0.25, -0.2) is 0 Å². The van der Waals surface area contributed by atoms with E-state index in [-0.39, 0.29) is 18.4 Å². The van der Waals surface area contributed by atoms with E-state index < -0.39 is 0 Å². The van der Waals surface area contributed by atoms with Crippen LogP contribution in [-0.4, -0.2) is 61.5 Å². The molecule has 0 aromatic heterocycles. The van der Waals surface area contributed by atoms with Crippen molar-refractivity contribution in [2.24, 2.45) is 0 Å².